The van der Waals surface area contributed by atoms with Crippen molar-refractivity contribution in [2.24, 2.45) is 0 Å². The number of hydrogen-bond acceptors (Lipinski definition) is 10. The van der Waals surface area contributed by atoms with Crippen LogP contribution < -0.4 is 26.0 Å². The minimum absolute atomic E-state index is 0.0187. The molecule has 13 nitrogen and oxygen atoms in total. The van der Waals surface area contributed by atoms with Crippen molar-refractivity contribution in [3.8, 4) is 11.5 Å². The number of benzene rings is 4. The van der Waals surface area contributed by atoms with Gasteiger partial charge in [0.2, 0.25) is 0 Å². The van der Waals surface area contributed by atoms with E-state index >= 15 is 0 Å². The summed E-state index contributed by atoms with van der Waals surface area (Å²) < 4.78 is 42.2. The average molecular weight is 839 g/mol. The fourth-order valence-corrected chi connectivity index (χ4v) is 9.19. The number of carbonyl (C=O) groups excluding carboxylic acids is 1. The van der Waals surface area contributed by atoms with Gasteiger partial charge in [0.15, 0.2) is 0 Å². The van der Waals surface area contributed by atoms with Gasteiger partial charge in [-0.05, 0) is 87.7 Å². The molecule has 1 fully saturated rings. The van der Waals surface area contributed by atoms with Crippen LogP contribution in [0.3, 0.4) is 0 Å². The monoisotopic (exact) mass is 838 g/mol. The van der Waals surface area contributed by atoms with Crippen molar-refractivity contribution in [3.63, 3.8) is 0 Å². The molecule has 1 unspecified atom stereocenters. The van der Waals surface area contributed by atoms with Gasteiger partial charge in [0.1, 0.15) is 29.4 Å². The number of carbonyl (C=O) groups is 1. The van der Waals surface area contributed by atoms with Crippen LogP contribution >= 0.6 is 8.53 Å². The van der Waals surface area contributed by atoms with E-state index in [1.54, 1.807) is 33.3 Å². The second-order valence-electron chi connectivity index (χ2n) is 15.1. The van der Waals surface area contributed by atoms with Crippen molar-refractivity contribution in [3.05, 3.63) is 164 Å². The first kappa shape index (κ1) is 44.4. The number of hydrogen-bond donors (Lipinski definition) is 2. The lowest BCUT2D eigenvalue weighted by atomic mass is 9.80. The van der Waals surface area contributed by atoms with Gasteiger partial charge in [-0.1, -0.05) is 72.8 Å². The van der Waals surface area contributed by atoms with Crippen molar-refractivity contribution in [1.29, 1.82) is 0 Å². The Labute approximate surface area is 352 Å². The van der Waals surface area contributed by atoms with Gasteiger partial charge in [0, 0.05) is 42.4 Å². The number of ether oxygens (including phenoxy) is 4. The minimum atomic E-state index is -1.74. The third-order valence-electron chi connectivity index (χ3n) is 10.4. The van der Waals surface area contributed by atoms with Crippen LogP contribution in [0.2, 0.25) is 0 Å². The molecule has 6 rings (SSSR count). The summed E-state index contributed by atoms with van der Waals surface area (Å²) in [4.78, 5) is 40.9. The van der Waals surface area contributed by atoms with Crippen molar-refractivity contribution in [1.82, 2.24) is 19.5 Å². The van der Waals surface area contributed by atoms with E-state index in [4.69, 9.17) is 28.0 Å². The molecular weight excluding hydrogens is 783 g/mol. The summed E-state index contributed by atoms with van der Waals surface area (Å²) in [6.07, 6.45) is -0.396. The molecule has 2 heterocycles. The Balaban J connectivity index is 1.37. The van der Waals surface area contributed by atoms with Crippen LogP contribution in [0.15, 0.2) is 125 Å². The van der Waals surface area contributed by atoms with Gasteiger partial charge in [0.25, 0.3) is 20.0 Å². The Morgan fingerprint density at radius 2 is 1.40 bits per heavy atom. The van der Waals surface area contributed by atoms with Crippen LogP contribution in [-0.4, -0.2) is 78.4 Å². The van der Waals surface area contributed by atoms with Gasteiger partial charge in [-0.25, -0.2) is 9.46 Å². The first-order valence-electron chi connectivity index (χ1n) is 20.1. The van der Waals surface area contributed by atoms with Gasteiger partial charge >= 0.3 is 5.69 Å². The number of amides is 1. The SMILES string of the molecule is COc1ccc(C(OC[C@H]2O[C@@H](n3cc(C)c(=O)[nH]c3=O)C[C@@H]2OP(OCCNC(=O)c2ccccc2)N(C(C)C)C(C)C)(c2ccccc2)c2ccc(OC)cc2)cc1. The summed E-state index contributed by atoms with van der Waals surface area (Å²) in [5.41, 5.74) is 1.26. The third kappa shape index (κ3) is 10.2. The lowest BCUT2D eigenvalue weighted by Gasteiger charge is -2.39. The van der Waals surface area contributed by atoms with Crippen LogP contribution in [0.5, 0.6) is 11.5 Å². The maximum absolute atomic E-state index is 13.3. The van der Waals surface area contributed by atoms with E-state index in [0.29, 0.717) is 22.6 Å². The molecule has 318 valence electrons. The first-order chi connectivity index (χ1) is 28.9. The van der Waals surface area contributed by atoms with Crippen molar-refractivity contribution >= 4 is 14.4 Å². The number of nitrogens with one attached hydrogen (secondary N) is 2. The quantitative estimate of drug-likeness (QED) is 0.0493. The second-order valence-corrected chi connectivity index (χ2v) is 16.5. The van der Waals surface area contributed by atoms with Crippen LogP contribution in [-0.2, 0) is 24.1 Å². The maximum Gasteiger partial charge on any atom is 0.330 e. The molecule has 0 bridgehead atoms. The summed E-state index contributed by atoms with van der Waals surface area (Å²) in [6.45, 7) is 10.4. The van der Waals surface area contributed by atoms with E-state index in [9.17, 15) is 14.4 Å². The molecular formula is C46H55N4O9P. The molecule has 60 heavy (non-hydrogen) atoms. The molecule has 0 aliphatic carbocycles. The highest BCUT2D eigenvalue weighted by atomic mass is 31.2. The van der Waals surface area contributed by atoms with E-state index < -0.39 is 43.8 Å². The number of H-pyrrole nitrogens is 1. The summed E-state index contributed by atoms with van der Waals surface area (Å²) in [5.74, 6) is 1.19. The molecule has 4 atom stereocenters. The van der Waals surface area contributed by atoms with E-state index in [1.165, 1.54) is 10.8 Å². The lowest BCUT2D eigenvalue weighted by Crippen LogP contribution is -2.40. The van der Waals surface area contributed by atoms with Crippen LogP contribution in [0, 0.1) is 6.92 Å². The molecule has 2 N–H and O–H groups in total. The minimum Gasteiger partial charge on any atom is -0.497 e. The van der Waals surface area contributed by atoms with Crippen LogP contribution in [0.25, 0.3) is 0 Å². The molecule has 14 heteroatoms. The summed E-state index contributed by atoms with van der Waals surface area (Å²) in [7, 11) is 1.51. The van der Waals surface area contributed by atoms with E-state index in [2.05, 4.69) is 42.7 Å². The van der Waals surface area contributed by atoms with Gasteiger partial charge in [-0.15, -0.1) is 0 Å². The zero-order valence-corrected chi connectivity index (χ0v) is 36.1. The van der Waals surface area contributed by atoms with E-state index in [-0.39, 0.29) is 44.2 Å². The van der Waals surface area contributed by atoms with E-state index in [0.717, 1.165) is 16.7 Å². The van der Waals surface area contributed by atoms with Gasteiger partial charge < -0.3 is 33.3 Å². The van der Waals surface area contributed by atoms with Crippen LogP contribution in [0.4, 0.5) is 0 Å². The summed E-state index contributed by atoms with van der Waals surface area (Å²) in [6, 6.07) is 34.6. The second kappa shape index (κ2) is 20.4. The number of aryl methyl sites for hydroxylation is 1. The molecule has 0 spiro atoms. The predicted molar refractivity (Wildman–Crippen MR) is 231 cm³/mol. The van der Waals surface area contributed by atoms with Crippen LogP contribution in [0.1, 0.15) is 73.0 Å². The number of nitrogens with zero attached hydrogens (tertiary/aromatic N) is 2. The zero-order chi connectivity index (χ0) is 42.8. The molecule has 1 aliphatic rings. The summed E-state index contributed by atoms with van der Waals surface area (Å²) in [5, 5.41) is 2.94. The van der Waals surface area contributed by atoms with Crippen molar-refractivity contribution in [2.45, 2.75) is 77.2 Å². The maximum atomic E-state index is 13.3. The number of aromatic amines is 1. The Morgan fingerprint density at radius 3 is 1.95 bits per heavy atom. The molecule has 1 amide bonds. The Morgan fingerprint density at radius 1 is 0.850 bits per heavy atom. The highest BCUT2D eigenvalue weighted by molar-refractivity contribution is 7.44. The Hall–Kier alpha value is -5.14. The lowest BCUT2D eigenvalue weighted by molar-refractivity contribution is -0.0926. The molecule has 0 radical (unpaired) electrons. The summed E-state index contributed by atoms with van der Waals surface area (Å²) >= 11 is 0. The molecule has 1 aromatic heterocycles. The largest absolute Gasteiger partial charge is 0.497 e. The van der Waals surface area contributed by atoms with Gasteiger partial charge in [-0.3, -0.25) is 19.1 Å². The third-order valence-corrected chi connectivity index (χ3v) is 12.5. The fraction of sp³-hybridized carbons (Fsp3) is 0.370. The average Bonchev–Trinajstić information content (AvgIpc) is 3.66. The van der Waals surface area contributed by atoms with Gasteiger partial charge in [-0.2, -0.15) is 0 Å². The van der Waals surface area contributed by atoms with Crippen molar-refractivity contribution < 1.29 is 32.8 Å². The molecule has 1 aliphatic heterocycles. The molecule has 0 saturated carbocycles. The topological polar surface area (TPSA) is 143 Å². The zero-order valence-electron chi connectivity index (χ0n) is 35.2. The normalized spacial score (nSPS) is 17.3. The smallest absolute Gasteiger partial charge is 0.330 e. The fourth-order valence-electron chi connectivity index (χ4n) is 7.43. The Bertz CT molecular complexity index is 2200. The predicted octanol–water partition coefficient (Wildman–Crippen LogP) is 7.34. The molecule has 1 saturated heterocycles. The highest BCUT2D eigenvalue weighted by Gasteiger charge is 2.45. The standard InChI is InChI=1S/C46H55N4O9P/c1-31(2)50(32(3)4)60(57-27-26-47-44(52)34-14-10-8-11-15-34)59-40-28-42(49-29-33(5)43(51)48-45(49)53)58-41(40)30-56-46(35-16-12-9-13-17-35,36-18-22-38(54-6)23-19-36)37-20-24-39(55-7)25-21-37/h8-25,29,31-32,40-42H,26-28,30H2,1-7H3,(H,47,52)(H,48,51,53)/t40-,41+,42+,60?/m0/s1. The number of rotatable bonds is 19. The highest BCUT2D eigenvalue weighted by Crippen LogP contribution is 2.50. The Kier molecular flexibility index (Phi) is 15.1. The number of methoxy groups -OCH3 is 2. The first-order valence-corrected chi connectivity index (χ1v) is 21.3. The molecule has 4 aromatic carbocycles. The van der Waals surface area contributed by atoms with E-state index in [1.807, 2.05) is 97.1 Å². The van der Waals surface area contributed by atoms with Gasteiger partial charge in [0.05, 0.1) is 33.5 Å². The number of aromatic nitrogens is 2. The molecule has 5 aromatic rings. The van der Waals surface area contributed by atoms with Crippen molar-refractivity contribution in [2.75, 3.05) is 34.0 Å².